The Bertz CT molecular complexity index is 389. The Labute approximate surface area is 120 Å². The van der Waals surface area contributed by atoms with Crippen molar-refractivity contribution in [2.75, 3.05) is 6.54 Å². The molecule has 1 aromatic heterocycles. The van der Waals surface area contributed by atoms with Crippen LogP contribution < -0.4 is 5.32 Å². The van der Waals surface area contributed by atoms with Gasteiger partial charge in [0.25, 0.3) is 0 Å². The molecular formula is C15H26N2OS. The third kappa shape index (κ3) is 4.01. The molecule has 1 aliphatic rings. The van der Waals surface area contributed by atoms with Crippen LogP contribution in [-0.2, 0) is 6.42 Å². The number of aromatic nitrogens is 1. The highest BCUT2D eigenvalue weighted by atomic mass is 32.1. The first-order valence-corrected chi connectivity index (χ1v) is 8.23. The van der Waals surface area contributed by atoms with E-state index in [2.05, 4.69) is 24.1 Å². The summed E-state index contributed by atoms with van der Waals surface area (Å²) in [7, 11) is 0. The van der Waals surface area contributed by atoms with Gasteiger partial charge in [0.1, 0.15) is 0 Å². The fraction of sp³-hybridized carbons (Fsp3) is 0.800. The zero-order valence-corrected chi connectivity index (χ0v) is 13.1. The lowest BCUT2D eigenvalue weighted by Crippen LogP contribution is -2.42. The Morgan fingerprint density at radius 2 is 2.05 bits per heavy atom. The molecule has 1 aliphatic carbocycles. The van der Waals surface area contributed by atoms with Gasteiger partial charge in [0.15, 0.2) is 0 Å². The number of aliphatic hydroxyl groups is 1. The smallest absolute Gasteiger partial charge is 0.0959 e. The maximum atomic E-state index is 10.7. The first-order chi connectivity index (χ1) is 9.02. The highest BCUT2D eigenvalue weighted by molar-refractivity contribution is 7.11. The second kappa shape index (κ2) is 6.33. The monoisotopic (exact) mass is 282 g/mol. The summed E-state index contributed by atoms with van der Waals surface area (Å²) in [6.07, 6.45) is 5.86. The summed E-state index contributed by atoms with van der Waals surface area (Å²) in [5, 5.41) is 15.4. The molecule has 0 unspecified atom stereocenters. The van der Waals surface area contributed by atoms with Gasteiger partial charge in [-0.15, -0.1) is 11.3 Å². The van der Waals surface area contributed by atoms with E-state index in [1.54, 1.807) is 11.3 Å². The van der Waals surface area contributed by atoms with E-state index >= 15 is 0 Å². The normalized spacial score (nSPS) is 27.7. The lowest BCUT2D eigenvalue weighted by atomic mass is 9.80. The molecule has 4 heteroatoms. The van der Waals surface area contributed by atoms with Crippen molar-refractivity contribution in [3.8, 4) is 0 Å². The largest absolute Gasteiger partial charge is 0.389 e. The minimum absolute atomic E-state index is 0.527. The minimum Gasteiger partial charge on any atom is -0.389 e. The number of aryl methyl sites for hydroxylation is 2. The molecule has 2 N–H and O–H groups in total. The SMILES string of the molecule is CCCNC1CCC(O)(Cc2nc(C)c(C)s2)CC1. The fourth-order valence-corrected chi connectivity index (χ4v) is 3.85. The average molecular weight is 282 g/mol. The molecule has 1 saturated carbocycles. The Balaban J connectivity index is 1.87. The van der Waals surface area contributed by atoms with Gasteiger partial charge in [0.05, 0.1) is 16.3 Å². The molecule has 3 nitrogen and oxygen atoms in total. The molecule has 0 amide bonds. The number of nitrogens with zero attached hydrogens (tertiary/aromatic N) is 1. The maximum absolute atomic E-state index is 10.7. The van der Waals surface area contributed by atoms with Crippen LogP contribution in [0.5, 0.6) is 0 Å². The Morgan fingerprint density at radius 1 is 1.37 bits per heavy atom. The zero-order valence-electron chi connectivity index (χ0n) is 12.3. The van der Waals surface area contributed by atoms with Gasteiger partial charge in [-0.3, -0.25) is 0 Å². The lowest BCUT2D eigenvalue weighted by molar-refractivity contribution is -0.00310. The third-order valence-electron chi connectivity index (χ3n) is 4.15. The summed E-state index contributed by atoms with van der Waals surface area (Å²) in [6, 6.07) is 0.597. The van der Waals surface area contributed by atoms with Crippen molar-refractivity contribution in [2.24, 2.45) is 0 Å². The number of thiazole rings is 1. The highest BCUT2D eigenvalue weighted by Crippen LogP contribution is 2.33. The summed E-state index contributed by atoms with van der Waals surface area (Å²) < 4.78 is 0. The van der Waals surface area contributed by atoms with Gasteiger partial charge in [0, 0.05) is 17.3 Å². The summed E-state index contributed by atoms with van der Waals surface area (Å²) in [6.45, 7) is 7.43. The van der Waals surface area contributed by atoms with Crippen molar-refractivity contribution in [3.05, 3.63) is 15.6 Å². The van der Waals surface area contributed by atoms with Gasteiger partial charge < -0.3 is 10.4 Å². The number of hydrogen-bond donors (Lipinski definition) is 2. The Kier molecular flexibility index (Phi) is 4.98. The van der Waals surface area contributed by atoms with Crippen LogP contribution in [0.15, 0.2) is 0 Å². The number of hydrogen-bond acceptors (Lipinski definition) is 4. The summed E-state index contributed by atoms with van der Waals surface area (Å²) >= 11 is 1.73. The topological polar surface area (TPSA) is 45.1 Å². The van der Waals surface area contributed by atoms with Crippen LogP contribution >= 0.6 is 11.3 Å². The standard InChI is InChI=1S/C15H26N2OS/c1-4-9-16-13-5-7-15(18,8-6-13)10-14-17-11(2)12(3)19-14/h13,16,18H,4-10H2,1-3H3. The molecule has 1 aromatic rings. The van der Waals surface area contributed by atoms with E-state index in [1.807, 2.05) is 6.92 Å². The molecule has 0 spiro atoms. The second-order valence-electron chi connectivity index (χ2n) is 5.88. The van der Waals surface area contributed by atoms with Crippen LogP contribution in [-0.4, -0.2) is 28.3 Å². The van der Waals surface area contributed by atoms with E-state index in [0.29, 0.717) is 6.04 Å². The molecule has 1 fully saturated rings. The summed E-state index contributed by atoms with van der Waals surface area (Å²) in [5.41, 5.74) is 0.586. The molecule has 0 saturated heterocycles. The van der Waals surface area contributed by atoms with Crippen LogP contribution in [0.4, 0.5) is 0 Å². The Morgan fingerprint density at radius 3 is 2.58 bits per heavy atom. The van der Waals surface area contributed by atoms with Gasteiger partial charge in [0.2, 0.25) is 0 Å². The van der Waals surface area contributed by atoms with E-state index in [9.17, 15) is 5.11 Å². The number of rotatable bonds is 5. The number of nitrogens with one attached hydrogen (secondary N) is 1. The first-order valence-electron chi connectivity index (χ1n) is 7.41. The molecule has 2 rings (SSSR count). The van der Waals surface area contributed by atoms with Crippen molar-refractivity contribution in [2.45, 2.75) is 70.9 Å². The zero-order chi connectivity index (χ0) is 13.9. The van der Waals surface area contributed by atoms with E-state index in [1.165, 1.54) is 11.3 Å². The Hall–Kier alpha value is -0.450. The van der Waals surface area contributed by atoms with Crippen LogP contribution in [0.25, 0.3) is 0 Å². The minimum atomic E-state index is -0.527. The maximum Gasteiger partial charge on any atom is 0.0959 e. The first kappa shape index (κ1) is 14.9. The van der Waals surface area contributed by atoms with Crippen molar-refractivity contribution in [3.63, 3.8) is 0 Å². The highest BCUT2D eigenvalue weighted by Gasteiger charge is 2.34. The lowest BCUT2D eigenvalue weighted by Gasteiger charge is -2.36. The average Bonchev–Trinajstić information content (AvgIpc) is 2.67. The fourth-order valence-electron chi connectivity index (χ4n) is 2.78. The van der Waals surface area contributed by atoms with Crippen LogP contribution in [0, 0.1) is 13.8 Å². The molecule has 0 bridgehead atoms. The molecule has 108 valence electrons. The van der Waals surface area contributed by atoms with Gasteiger partial charge in [-0.25, -0.2) is 4.98 Å². The summed E-state index contributed by atoms with van der Waals surface area (Å²) in [5.74, 6) is 0. The van der Waals surface area contributed by atoms with Crippen LogP contribution in [0.2, 0.25) is 0 Å². The van der Waals surface area contributed by atoms with Gasteiger partial charge in [-0.05, 0) is 52.5 Å². The summed E-state index contributed by atoms with van der Waals surface area (Å²) in [4.78, 5) is 5.84. The quantitative estimate of drug-likeness (QED) is 0.872. The molecule has 0 atom stereocenters. The predicted octanol–water partition coefficient (Wildman–Crippen LogP) is 2.98. The molecule has 0 radical (unpaired) electrons. The van der Waals surface area contributed by atoms with Gasteiger partial charge >= 0.3 is 0 Å². The third-order valence-corrected chi connectivity index (χ3v) is 5.23. The molecule has 1 heterocycles. The van der Waals surface area contributed by atoms with Crippen LogP contribution in [0.1, 0.15) is 54.6 Å². The van der Waals surface area contributed by atoms with E-state index in [0.717, 1.165) is 49.4 Å². The van der Waals surface area contributed by atoms with E-state index < -0.39 is 5.60 Å². The van der Waals surface area contributed by atoms with E-state index in [-0.39, 0.29) is 0 Å². The predicted molar refractivity (Wildman–Crippen MR) is 80.8 cm³/mol. The van der Waals surface area contributed by atoms with Crippen molar-refractivity contribution < 1.29 is 5.11 Å². The van der Waals surface area contributed by atoms with Crippen molar-refractivity contribution in [1.29, 1.82) is 0 Å². The van der Waals surface area contributed by atoms with Gasteiger partial charge in [-0.1, -0.05) is 6.92 Å². The van der Waals surface area contributed by atoms with Crippen molar-refractivity contribution >= 4 is 11.3 Å². The molecular weight excluding hydrogens is 256 g/mol. The molecule has 0 aliphatic heterocycles. The van der Waals surface area contributed by atoms with E-state index in [4.69, 9.17) is 0 Å². The van der Waals surface area contributed by atoms with Crippen LogP contribution in [0.3, 0.4) is 0 Å². The van der Waals surface area contributed by atoms with Crippen molar-refractivity contribution in [1.82, 2.24) is 10.3 Å². The second-order valence-corrected chi connectivity index (χ2v) is 7.17. The molecule has 19 heavy (non-hydrogen) atoms. The van der Waals surface area contributed by atoms with Gasteiger partial charge in [-0.2, -0.15) is 0 Å². The molecule has 0 aromatic carbocycles.